The van der Waals surface area contributed by atoms with Crippen molar-refractivity contribution in [3.05, 3.63) is 17.5 Å². The summed E-state index contributed by atoms with van der Waals surface area (Å²) in [5.41, 5.74) is 0. The summed E-state index contributed by atoms with van der Waals surface area (Å²) in [6, 6.07) is 3.24. The fourth-order valence-electron chi connectivity index (χ4n) is 1.32. The third kappa shape index (κ3) is 2.76. The molecule has 1 aliphatic heterocycles. The molecular formula is C8H12N2O3S2. The first-order valence-corrected chi connectivity index (χ1v) is 6.96. The molecule has 0 saturated carbocycles. The maximum Gasteiger partial charge on any atom is 0.271 e. The minimum atomic E-state index is -3.49. The van der Waals surface area contributed by atoms with Gasteiger partial charge in [-0.1, -0.05) is 11.0 Å². The summed E-state index contributed by atoms with van der Waals surface area (Å²) in [7, 11) is -3.49. The summed E-state index contributed by atoms with van der Waals surface area (Å²) < 4.78 is 23.5. The van der Waals surface area contributed by atoms with Gasteiger partial charge in [-0.15, -0.1) is 11.3 Å². The van der Waals surface area contributed by atoms with Gasteiger partial charge < -0.3 is 5.32 Å². The molecule has 0 aromatic carbocycles. The van der Waals surface area contributed by atoms with Crippen LogP contribution in [0.2, 0.25) is 0 Å². The standard InChI is InChI=1S/C8H12N2O3S2/c11-15(12,8-2-1-5-14-8)10-13-7-3-4-9-6-7/h1-2,5,7,9-10H,3-4,6H2. The van der Waals surface area contributed by atoms with Crippen molar-refractivity contribution in [2.75, 3.05) is 13.1 Å². The number of rotatable bonds is 4. The van der Waals surface area contributed by atoms with Crippen LogP contribution < -0.4 is 10.2 Å². The molecule has 1 fully saturated rings. The summed E-state index contributed by atoms with van der Waals surface area (Å²) >= 11 is 1.17. The van der Waals surface area contributed by atoms with Crippen molar-refractivity contribution < 1.29 is 13.3 Å². The minimum absolute atomic E-state index is 0.0697. The minimum Gasteiger partial charge on any atom is -0.314 e. The highest BCUT2D eigenvalue weighted by Gasteiger charge is 2.20. The summed E-state index contributed by atoms with van der Waals surface area (Å²) in [4.78, 5) is 7.24. The first-order chi connectivity index (χ1) is 7.18. The SMILES string of the molecule is O=S(=O)(NOC1CCNC1)c1cccs1. The molecule has 0 amide bonds. The molecule has 1 unspecified atom stereocenters. The van der Waals surface area contributed by atoms with Crippen LogP contribution in [-0.2, 0) is 14.9 Å². The number of hydrogen-bond donors (Lipinski definition) is 2. The van der Waals surface area contributed by atoms with Crippen molar-refractivity contribution in [3.63, 3.8) is 0 Å². The number of thiophene rings is 1. The molecule has 1 aliphatic rings. The average Bonchev–Trinajstić information content (AvgIpc) is 2.88. The first kappa shape index (κ1) is 11.0. The second-order valence-corrected chi connectivity index (χ2v) is 6.07. The van der Waals surface area contributed by atoms with Gasteiger partial charge in [0.2, 0.25) is 0 Å². The third-order valence-electron chi connectivity index (χ3n) is 2.10. The van der Waals surface area contributed by atoms with E-state index < -0.39 is 10.0 Å². The molecule has 5 nitrogen and oxygen atoms in total. The fraction of sp³-hybridized carbons (Fsp3) is 0.500. The molecule has 0 radical (unpaired) electrons. The van der Waals surface area contributed by atoms with E-state index in [9.17, 15) is 8.42 Å². The molecule has 0 aliphatic carbocycles. The monoisotopic (exact) mass is 248 g/mol. The predicted molar refractivity (Wildman–Crippen MR) is 57.0 cm³/mol. The highest BCUT2D eigenvalue weighted by molar-refractivity contribution is 7.91. The molecule has 2 N–H and O–H groups in total. The molecule has 7 heteroatoms. The Morgan fingerprint density at radius 2 is 2.47 bits per heavy atom. The zero-order chi connectivity index (χ0) is 10.7. The lowest BCUT2D eigenvalue weighted by atomic mass is 10.3. The van der Waals surface area contributed by atoms with E-state index in [0.29, 0.717) is 6.54 Å². The second kappa shape index (κ2) is 4.58. The Bertz CT molecular complexity index is 396. The van der Waals surface area contributed by atoms with E-state index in [2.05, 4.69) is 10.2 Å². The van der Waals surface area contributed by atoms with Crippen molar-refractivity contribution >= 4 is 21.4 Å². The van der Waals surface area contributed by atoms with Crippen LogP contribution in [-0.4, -0.2) is 27.6 Å². The largest absolute Gasteiger partial charge is 0.314 e. The smallest absolute Gasteiger partial charge is 0.271 e. The zero-order valence-electron chi connectivity index (χ0n) is 7.97. The normalized spacial score (nSPS) is 22.0. The van der Waals surface area contributed by atoms with Crippen molar-refractivity contribution in [1.29, 1.82) is 0 Å². The van der Waals surface area contributed by atoms with Gasteiger partial charge in [0.25, 0.3) is 10.0 Å². The first-order valence-electron chi connectivity index (χ1n) is 4.60. The van der Waals surface area contributed by atoms with E-state index in [-0.39, 0.29) is 10.3 Å². The van der Waals surface area contributed by atoms with Crippen LogP contribution in [0.5, 0.6) is 0 Å². The van der Waals surface area contributed by atoms with Gasteiger partial charge in [0, 0.05) is 6.54 Å². The van der Waals surface area contributed by atoms with Gasteiger partial charge in [-0.05, 0) is 24.4 Å². The molecule has 1 saturated heterocycles. The lowest BCUT2D eigenvalue weighted by molar-refractivity contribution is 0.0304. The fourth-order valence-corrected chi connectivity index (χ4v) is 3.14. The van der Waals surface area contributed by atoms with Crippen molar-refractivity contribution in [2.24, 2.45) is 0 Å². The molecule has 0 bridgehead atoms. The van der Waals surface area contributed by atoms with Gasteiger partial charge in [0.05, 0.1) is 6.10 Å². The maximum absolute atomic E-state index is 11.6. The Labute approximate surface area is 92.5 Å². The van der Waals surface area contributed by atoms with Crippen LogP contribution in [0.25, 0.3) is 0 Å². The Morgan fingerprint density at radius 3 is 3.07 bits per heavy atom. The molecule has 0 spiro atoms. The van der Waals surface area contributed by atoms with E-state index >= 15 is 0 Å². The summed E-state index contributed by atoms with van der Waals surface area (Å²) in [6.07, 6.45) is 0.757. The predicted octanol–water partition coefficient (Wildman–Crippen LogP) is 0.320. The van der Waals surface area contributed by atoms with Crippen LogP contribution in [0.3, 0.4) is 0 Å². The molecule has 15 heavy (non-hydrogen) atoms. The van der Waals surface area contributed by atoms with Gasteiger partial charge >= 0.3 is 0 Å². The lowest BCUT2D eigenvalue weighted by Crippen LogP contribution is -2.30. The van der Waals surface area contributed by atoms with Gasteiger partial charge in [-0.25, -0.2) is 8.42 Å². The van der Waals surface area contributed by atoms with Gasteiger partial charge in [0.15, 0.2) is 0 Å². The highest BCUT2D eigenvalue weighted by Crippen LogP contribution is 2.15. The highest BCUT2D eigenvalue weighted by atomic mass is 32.2. The van der Waals surface area contributed by atoms with Crippen LogP contribution in [0.4, 0.5) is 0 Å². The van der Waals surface area contributed by atoms with Crippen molar-refractivity contribution in [2.45, 2.75) is 16.7 Å². The molecule has 1 aromatic rings. The number of hydrogen-bond acceptors (Lipinski definition) is 5. The van der Waals surface area contributed by atoms with Crippen LogP contribution in [0.15, 0.2) is 21.7 Å². The molecule has 2 rings (SSSR count). The Morgan fingerprint density at radius 1 is 1.60 bits per heavy atom. The summed E-state index contributed by atoms with van der Waals surface area (Å²) in [5.74, 6) is 0. The van der Waals surface area contributed by atoms with Crippen molar-refractivity contribution in [1.82, 2.24) is 10.2 Å². The van der Waals surface area contributed by atoms with Gasteiger partial charge in [0.1, 0.15) is 4.21 Å². The van der Waals surface area contributed by atoms with Crippen LogP contribution in [0.1, 0.15) is 6.42 Å². The molecule has 84 valence electrons. The van der Waals surface area contributed by atoms with E-state index in [0.717, 1.165) is 13.0 Å². The average molecular weight is 248 g/mol. The molecule has 1 aromatic heterocycles. The van der Waals surface area contributed by atoms with E-state index in [1.165, 1.54) is 11.3 Å². The number of sulfonamides is 1. The van der Waals surface area contributed by atoms with Gasteiger partial charge in [-0.2, -0.15) is 0 Å². The van der Waals surface area contributed by atoms with E-state index in [1.807, 2.05) is 0 Å². The molecule has 1 atom stereocenters. The zero-order valence-corrected chi connectivity index (χ0v) is 9.60. The van der Waals surface area contributed by atoms with E-state index in [4.69, 9.17) is 4.84 Å². The van der Waals surface area contributed by atoms with Gasteiger partial charge in [-0.3, -0.25) is 4.84 Å². The second-order valence-electron chi connectivity index (χ2n) is 3.25. The van der Waals surface area contributed by atoms with Crippen molar-refractivity contribution in [3.8, 4) is 0 Å². The van der Waals surface area contributed by atoms with Crippen LogP contribution in [0, 0.1) is 0 Å². The summed E-state index contributed by atoms with van der Waals surface area (Å²) in [6.45, 7) is 1.55. The van der Waals surface area contributed by atoms with Crippen LogP contribution >= 0.6 is 11.3 Å². The third-order valence-corrected chi connectivity index (χ3v) is 4.69. The Kier molecular flexibility index (Phi) is 3.37. The Balaban J connectivity index is 1.93. The molecule has 2 heterocycles. The topological polar surface area (TPSA) is 67.4 Å². The van der Waals surface area contributed by atoms with E-state index in [1.54, 1.807) is 17.5 Å². The summed E-state index contributed by atoms with van der Waals surface area (Å²) in [5, 5.41) is 4.80. The molecular weight excluding hydrogens is 236 g/mol. The number of nitrogens with one attached hydrogen (secondary N) is 2. The quantitative estimate of drug-likeness (QED) is 0.753. The lowest BCUT2D eigenvalue weighted by Gasteiger charge is -2.10. The Hall–Kier alpha value is -0.470. The maximum atomic E-state index is 11.6.